The van der Waals surface area contributed by atoms with Crippen LogP contribution < -0.4 is 19.9 Å². The van der Waals surface area contributed by atoms with E-state index in [1.54, 1.807) is 7.11 Å². The zero-order chi connectivity index (χ0) is 19.0. The maximum Gasteiger partial charge on any atom is 0.250 e. The number of fused-ring (bicyclic) bond motifs is 1. The molecule has 0 radical (unpaired) electrons. The minimum atomic E-state index is -0.438. The molecule has 0 saturated carbocycles. The number of ether oxygens (including phenoxy) is 3. The normalized spacial score (nSPS) is 12.2. The molecule has 3 aromatic rings. The number of primary amides is 1. The fraction of sp³-hybridized carbons (Fsp3) is 0.190. The predicted octanol–water partition coefficient (Wildman–Crippen LogP) is 3.35. The van der Waals surface area contributed by atoms with Crippen molar-refractivity contribution in [3.8, 4) is 28.5 Å². The monoisotopic (exact) mass is 364 g/mol. The van der Waals surface area contributed by atoms with Crippen molar-refractivity contribution in [2.45, 2.75) is 13.5 Å². The minimum absolute atomic E-state index is 0.240. The van der Waals surface area contributed by atoms with Crippen molar-refractivity contribution < 1.29 is 19.0 Å². The summed E-state index contributed by atoms with van der Waals surface area (Å²) >= 11 is 0. The van der Waals surface area contributed by atoms with Crippen LogP contribution in [-0.4, -0.2) is 24.4 Å². The van der Waals surface area contributed by atoms with Gasteiger partial charge in [0.25, 0.3) is 5.91 Å². The van der Waals surface area contributed by atoms with Gasteiger partial charge in [0.1, 0.15) is 5.75 Å². The SMILES string of the molecule is COc1ccc(-c2cc(C(N)=O)c(C)n2Cc2ccc3c(c2)OCO3)cc1. The Labute approximate surface area is 157 Å². The molecule has 0 spiro atoms. The first-order valence-electron chi connectivity index (χ1n) is 8.59. The number of rotatable bonds is 5. The zero-order valence-corrected chi connectivity index (χ0v) is 15.2. The Hall–Kier alpha value is -3.41. The van der Waals surface area contributed by atoms with Crippen molar-refractivity contribution in [1.29, 1.82) is 0 Å². The molecule has 0 aliphatic carbocycles. The topological polar surface area (TPSA) is 75.7 Å². The Morgan fingerprint density at radius 3 is 2.56 bits per heavy atom. The summed E-state index contributed by atoms with van der Waals surface area (Å²) in [6.07, 6.45) is 0. The van der Waals surface area contributed by atoms with E-state index in [-0.39, 0.29) is 6.79 Å². The third-order valence-electron chi connectivity index (χ3n) is 4.80. The molecule has 138 valence electrons. The molecule has 27 heavy (non-hydrogen) atoms. The van der Waals surface area contributed by atoms with Gasteiger partial charge in [0.2, 0.25) is 6.79 Å². The van der Waals surface area contributed by atoms with E-state index in [1.165, 1.54) is 0 Å². The number of hydrogen-bond donors (Lipinski definition) is 1. The Kier molecular flexibility index (Phi) is 4.24. The largest absolute Gasteiger partial charge is 0.497 e. The lowest BCUT2D eigenvalue weighted by Gasteiger charge is -2.13. The third-order valence-corrected chi connectivity index (χ3v) is 4.80. The van der Waals surface area contributed by atoms with Crippen LogP contribution in [0.15, 0.2) is 48.5 Å². The molecule has 1 amide bonds. The molecule has 1 aliphatic rings. The van der Waals surface area contributed by atoms with Gasteiger partial charge in [-0.15, -0.1) is 0 Å². The lowest BCUT2D eigenvalue weighted by Crippen LogP contribution is -2.12. The molecule has 6 heteroatoms. The molecule has 2 heterocycles. The number of benzene rings is 2. The number of nitrogens with two attached hydrogens (primary N) is 1. The molecule has 2 aromatic carbocycles. The number of hydrogen-bond acceptors (Lipinski definition) is 4. The van der Waals surface area contributed by atoms with Crippen LogP contribution >= 0.6 is 0 Å². The average Bonchev–Trinajstić information content (AvgIpc) is 3.27. The van der Waals surface area contributed by atoms with Gasteiger partial charge in [0.15, 0.2) is 11.5 Å². The van der Waals surface area contributed by atoms with Crippen LogP contribution in [0.3, 0.4) is 0 Å². The molecule has 1 aromatic heterocycles. The van der Waals surface area contributed by atoms with Crippen molar-refractivity contribution in [1.82, 2.24) is 4.57 Å². The first-order chi connectivity index (χ1) is 13.1. The van der Waals surface area contributed by atoms with Gasteiger partial charge in [-0.2, -0.15) is 0 Å². The Morgan fingerprint density at radius 2 is 1.85 bits per heavy atom. The van der Waals surface area contributed by atoms with E-state index in [9.17, 15) is 4.79 Å². The number of amides is 1. The fourth-order valence-corrected chi connectivity index (χ4v) is 3.32. The maximum absolute atomic E-state index is 11.9. The quantitative estimate of drug-likeness (QED) is 0.753. The first-order valence-corrected chi connectivity index (χ1v) is 8.59. The van der Waals surface area contributed by atoms with E-state index in [0.717, 1.165) is 39.8 Å². The molecule has 2 N–H and O–H groups in total. The summed E-state index contributed by atoms with van der Waals surface area (Å²) < 4.78 is 18.2. The number of aromatic nitrogens is 1. The predicted molar refractivity (Wildman–Crippen MR) is 101 cm³/mol. The highest BCUT2D eigenvalue weighted by Crippen LogP contribution is 2.34. The van der Waals surface area contributed by atoms with Crippen molar-refractivity contribution in [3.63, 3.8) is 0 Å². The summed E-state index contributed by atoms with van der Waals surface area (Å²) in [5.74, 6) is 1.82. The fourth-order valence-electron chi connectivity index (χ4n) is 3.32. The number of nitrogens with zero attached hydrogens (tertiary/aromatic N) is 1. The first kappa shape index (κ1) is 17.0. The molecule has 6 nitrogen and oxygen atoms in total. The molecule has 1 aliphatic heterocycles. The van der Waals surface area contributed by atoms with Crippen LogP contribution in [0.1, 0.15) is 21.6 Å². The number of methoxy groups -OCH3 is 1. The molecular weight excluding hydrogens is 344 g/mol. The second kappa shape index (κ2) is 6.72. The van der Waals surface area contributed by atoms with E-state index in [1.807, 2.05) is 55.5 Å². The Bertz CT molecular complexity index is 1010. The van der Waals surface area contributed by atoms with Crippen LogP contribution in [0.5, 0.6) is 17.2 Å². The van der Waals surface area contributed by atoms with E-state index in [4.69, 9.17) is 19.9 Å². The molecule has 4 rings (SSSR count). The summed E-state index contributed by atoms with van der Waals surface area (Å²) in [5.41, 5.74) is 9.86. The van der Waals surface area contributed by atoms with Crippen LogP contribution in [0, 0.1) is 6.92 Å². The molecule has 0 atom stereocenters. The van der Waals surface area contributed by atoms with Gasteiger partial charge in [-0.1, -0.05) is 6.07 Å². The molecule has 0 saturated heterocycles. The van der Waals surface area contributed by atoms with E-state index >= 15 is 0 Å². The molecular formula is C21H20N2O4. The van der Waals surface area contributed by atoms with Gasteiger partial charge in [-0.25, -0.2) is 0 Å². The van der Waals surface area contributed by atoms with Crippen molar-refractivity contribution in [2.24, 2.45) is 5.73 Å². The van der Waals surface area contributed by atoms with Gasteiger partial charge in [0.05, 0.1) is 12.7 Å². The van der Waals surface area contributed by atoms with E-state index < -0.39 is 5.91 Å². The lowest BCUT2D eigenvalue weighted by atomic mass is 10.1. The summed E-state index contributed by atoms with van der Waals surface area (Å²) in [5, 5.41) is 0. The van der Waals surface area contributed by atoms with Crippen LogP contribution in [0.25, 0.3) is 11.3 Å². The van der Waals surface area contributed by atoms with Crippen molar-refractivity contribution in [2.75, 3.05) is 13.9 Å². The zero-order valence-electron chi connectivity index (χ0n) is 15.2. The van der Waals surface area contributed by atoms with Gasteiger partial charge < -0.3 is 24.5 Å². The van der Waals surface area contributed by atoms with Crippen LogP contribution in [-0.2, 0) is 6.54 Å². The number of carbonyl (C=O) groups excluding carboxylic acids is 1. The smallest absolute Gasteiger partial charge is 0.250 e. The molecule has 0 unspecified atom stereocenters. The van der Waals surface area contributed by atoms with Crippen LogP contribution in [0.2, 0.25) is 0 Å². The van der Waals surface area contributed by atoms with Gasteiger partial charge >= 0.3 is 0 Å². The molecule has 0 fully saturated rings. The Morgan fingerprint density at radius 1 is 1.11 bits per heavy atom. The maximum atomic E-state index is 11.9. The van der Waals surface area contributed by atoms with Gasteiger partial charge in [-0.05, 0) is 60.5 Å². The van der Waals surface area contributed by atoms with E-state index in [2.05, 4.69) is 4.57 Å². The van der Waals surface area contributed by atoms with Gasteiger partial charge in [-0.3, -0.25) is 4.79 Å². The highest BCUT2D eigenvalue weighted by atomic mass is 16.7. The minimum Gasteiger partial charge on any atom is -0.497 e. The van der Waals surface area contributed by atoms with Gasteiger partial charge in [0, 0.05) is 17.9 Å². The summed E-state index contributed by atoms with van der Waals surface area (Å²) in [7, 11) is 1.63. The second-order valence-corrected chi connectivity index (χ2v) is 6.40. The summed E-state index contributed by atoms with van der Waals surface area (Å²) in [6, 6.07) is 15.4. The molecule has 0 bridgehead atoms. The van der Waals surface area contributed by atoms with Crippen LogP contribution in [0.4, 0.5) is 0 Å². The highest BCUT2D eigenvalue weighted by Gasteiger charge is 2.19. The van der Waals surface area contributed by atoms with E-state index in [0.29, 0.717) is 12.1 Å². The Balaban J connectivity index is 1.77. The summed E-state index contributed by atoms with van der Waals surface area (Å²) in [6.45, 7) is 2.72. The number of carbonyl (C=O) groups is 1. The lowest BCUT2D eigenvalue weighted by molar-refractivity contribution is 0.0999. The third kappa shape index (κ3) is 3.10. The average molecular weight is 364 g/mol. The van der Waals surface area contributed by atoms with Crippen molar-refractivity contribution >= 4 is 5.91 Å². The standard InChI is InChI=1S/C21H20N2O4/c1-13-17(21(22)24)10-18(15-4-6-16(25-2)7-5-15)23(13)11-14-3-8-19-20(9-14)27-12-26-19/h3-10H,11-12H2,1-2H3,(H2,22,24). The summed E-state index contributed by atoms with van der Waals surface area (Å²) in [4.78, 5) is 11.9. The highest BCUT2D eigenvalue weighted by molar-refractivity contribution is 5.95. The van der Waals surface area contributed by atoms with Crippen molar-refractivity contribution in [3.05, 3.63) is 65.4 Å². The second-order valence-electron chi connectivity index (χ2n) is 6.40.